The van der Waals surface area contributed by atoms with Gasteiger partial charge >= 0.3 is 0 Å². The van der Waals surface area contributed by atoms with Crippen molar-refractivity contribution >= 4 is 5.91 Å². The molecule has 1 aromatic heterocycles. The summed E-state index contributed by atoms with van der Waals surface area (Å²) in [5.41, 5.74) is 1.54. The second-order valence-electron chi connectivity index (χ2n) is 4.96. The summed E-state index contributed by atoms with van der Waals surface area (Å²) in [6, 6.07) is 3.57. The highest BCUT2D eigenvalue weighted by atomic mass is 16.3. The highest BCUT2D eigenvalue weighted by Gasteiger charge is 2.29. The molecule has 2 heterocycles. The molecule has 1 saturated heterocycles. The molecular formula is C14H20N2O2. The van der Waals surface area contributed by atoms with E-state index in [4.69, 9.17) is 0 Å². The second-order valence-corrected chi connectivity index (χ2v) is 4.96. The molecule has 4 nitrogen and oxygen atoms in total. The number of pyridine rings is 1. The molecule has 1 fully saturated rings. The number of aliphatic hydroxyl groups is 1. The molecule has 1 amide bonds. The van der Waals surface area contributed by atoms with Crippen molar-refractivity contribution in [3.8, 4) is 0 Å². The molecule has 1 aliphatic rings. The van der Waals surface area contributed by atoms with Gasteiger partial charge in [-0.2, -0.15) is 0 Å². The van der Waals surface area contributed by atoms with Crippen LogP contribution in [-0.2, 0) is 0 Å². The number of piperidine rings is 1. The number of rotatable bonds is 2. The Bertz CT molecular complexity index is 434. The molecule has 0 saturated carbocycles. The van der Waals surface area contributed by atoms with E-state index in [1.807, 2.05) is 17.9 Å². The Morgan fingerprint density at radius 1 is 1.61 bits per heavy atom. The van der Waals surface area contributed by atoms with Crippen LogP contribution in [0.5, 0.6) is 0 Å². The molecule has 2 unspecified atom stereocenters. The molecular weight excluding hydrogens is 228 g/mol. The van der Waals surface area contributed by atoms with E-state index < -0.39 is 0 Å². The number of aromatic nitrogens is 1. The van der Waals surface area contributed by atoms with Crippen LogP contribution in [0.3, 0.4) is 0 Å². The summed E-state index contributed by atoms with van der Waals surface area (Å²) in [7, 11) is 0. The Balaban J connectivity index is 2.10. The predicted octanol–water partition coefficient (Wildman–Crippen LogP) is 1.62. The average Bonchev–Trinajstić information content (AvgIpc) is 2.38. The van der Waals surface area contributed by atoms with E-state index >= 15 is 0 Å². The van der Waals surface area contributed by atoms with Crippen LogP contribution in [0.4, 0.5) is 0 Å². The summed E-state index contributed by atoms with van der Waals surface area (Å²) in [6.45, 7) is 5.22. The van der Waals surface area contributed by atoms with Crippen LogP contribution in [0.25, 0.3) is 0 Å². The molecule has 0 aromatic carbocycles. The van der Waals surface area contributed by atoms with Crippen molar-refractivity contribution in [2.45, 2.75) is 32.8 Å². The van der Waals surface area contributed by atoms with Crippen molar-refractivity contribution in [3.63, 3.8) is 0 Å². The van der Waals surface area contributed by atoms with Gasteiger partial charge < -0.3 is 10.0 Å². The Labute approximate surface area is 108 Å². The normalized spacial score (nSPS) is 24.1. The summed E-state index contributed by atoms with van der Waals surface area (Å²) < 4.78 is 0. The minimum Gasteiger partial charge on any atom is -0.393 e. The fraction of sp³-hybridized carbons (Fsp3) is 0.571. The fourth-order valence-electron chi connectivity index (χ4n) is 2.47. The number of hydrogen-bond acceptors (Lipinski definition) is 3. The smallest absolute Gasteiger partial charge is 0.253 e. The quantitative estimate of drug-likeness (QED) is 0.865. The summed E-state index contributed by atoms with van der Waals surface area (Å²) >= 11 is 0. The Morgan fingerprint density at radius 2 is 2.39 bits per heavy atom. The molecule has 1 aromatic rings. The van der Waals surface area contributed by atoms with Crippen LogP contribution in [0, 0.1) is 12.8 Å². The third-order valence-electron chi connectivity index (χ3n) is 3.65. The van der Waals surface area contributed by atoms with Crippen molar-refractivity contribution in [1.29, 1.82) is 0 Å². The third kappa shape index (κ3) is 2.70. The van der Waals surface area contributed by atoms with Crippen molar-refractivity contribution < 1.29 is 9.90 Å². The maximum atomic E-state index is 12.3. The molecule has 1 N–H and O–H groups in total. The predicted molar refractivity (Wildman–Crippen MR) is 69.3 cm³/mol. The molecule has 0 radical (unpaired) electrons. The van der Waals surface area contributed by atoms with Gasteiger partial charge in [0.1, 0.15) is 0 Å². The minimum atomic E-state index is -0.266. The van der Waals surface area contributed by atoms with Crippen molar-refractivity contribution in [3.05, 3.63) is 29.6 Å². The fourth-order valence-corrected chi connectivity index (χ4v) is 2.47. The van der Waals surface area contributed by atoms with Gasteiger partial charge in [-0.15, -0.1) is 0 Å². The molecule has 0 aliphatic carbocycles. The minimum absolute atomic E-state index is 0.0471. The van der Waals surface area contributed by atoms with Gasteiger partial charge in [-0.1, -0.05) is 6.92 Å². The van der Waals surface area contributed by atoms with Crippen molar-refractivity contribution in [2.24, 2.45) is 5.92 Å². The van der Waals surface area contributed by atoms with Crippen LogP contribution in [0.1, 0.15) is 35.8 Å². The standard InChI is InChI=1S/C14H20N2O2/c1-3-11-9-16(7-5-13(11)17)14(18)12-4-6-15-10(2)8-12/h4,6,8,11,13,17H,3,5,7,9H2,1-2H3. The van der Waals surface area contributed by atoms with E-state index in [1.54, 1.807) is 12.3 Å². The van der Waals surface area contributed by atoms with Gasteiger partial charge in [0.05, 0.1) is 6.10 Å². The molecule has 4 heteroatoms. The van der Waals surface area contributed by atoms with E-state index in [9.17, 15) is 9.90 Å². The first-order valence-electron chi connectivity index (χ1n) is 6.51. The van der Waals surface area contributed by atoms with E-state index in [1.165, 1.54) is 0 Å². The first kappa shape index (κ1) is 13.0. The number of amides is 1. The van der Waals surface area contributed by atoms with Crippen molar-refractivity contribution in [2.75, 3.05) is 13.1 Å². The van der Waals surface area contributed by atoms with E-state index in [0.29, 0.717) is 25.1 Å². The average molecular weight is 248 g/mol. The largest absolute Gasteiger partial charge is 0.393 e. The molecule has 1 aliphatic heterocycles. The number of hydrogen-bond donors (Lipinski definition) is 1. The lowest BCUT2D eigenvalue weighted by Crippen LogP contribution is -2.45. The van der Waals surface area contributed by atoms with E-state index in [-0.39, 0.29) is 17.9 Å². The number of likely N-dealkylation sites (tertiary alicyclic amines) is 1. The van der Waals surface area contributed by atoms with Crippen molar-refractivity contribution in [1.82, 2.24) is 9.88 Å². The van der Waals surface area contributed by atoms with E-state index in [0.717, 1.165) is 12.1 Å². The van der Waals surface area contributed by atoms with Gasteiger partial charge in [-0.05, 0) is 31.9 Å². The lowest BCUT2D eigenvalue weighted by atomic mass is 9.92. The number of aryl methyl sites for hydroxylation is 1. The zero-order chi connectivity index (χ0) is 13.1. The van der Waals surface area contributed by atoms with Crippen LogP contribution in [0.15, 0.2) is 18.3 Å². The van der Waals surface area contributed by atoms with Gasteiger partial charge in [-0.25, -0.2) is 0 Å². The molecule has 98 valence electrons. The summed E-state index contributed by atoms with van der Waals surface area (Å²) in [5, 5.41) is 9.84. The maximum Gasteiger partial charge on any atom is 0.253 e. The van der Waals surface area contributed by atoms with Crippen LogP contribution < -0.4 is 0 Å². The number of nitrogens with zero attached hydrogens (tertiary/aromatic N) is 2. The van der Waals surface area contributed by atoms with Crippen LogP contribution in [-0.4, -0.2) is 40.1 Å². The highest BCUT2D eigenvalue weighted by Crippen LogP contribution is 2.21. The molecule has 18 heavy (non-hydrogen) atoms. The van der Waals surface area contributed by atoms with Gasteiger partial charge in [0.15, 0.2) is 0 Å². The maximum absolute atomic E-state index is 12.3. The lowest BCUT2D eigenvalue weighted by molar-refractivity contribution is 0.0229. The van der Waals surface area contributed by atoms with E-state index in [2.05, 4.69) is 11.9 Å². The first-order valence-corrected chi connectivity index (χ1v) is 6.51. The highest BCUT2D eigenvalue weighted by molar-refractivity contribution is 5.94. The van der Waals surface area contributed by atoms with Gasteiger partial charge in [0, 0.05) is 36.5 Å². The van der Waals surface area contributed by atoms with Crippen LogP contribution in [0.2, 0.25) is 0 Å². The lowest BCUT2D eigenvalue weighted by Gasteiger charge is -2.35. The zero-order valence-electron chi connectivity index (χ0n) is 11.0. The number of carbonyl (C=O) groups excluding carboxylic acids is 1. The topological polar surface area (TPSA) is 53.4 Å². The van der Waals surface area contributed by atoms with Gasteiger partial charge in [-0.3, -0.25) is 9.78 Å². The number of carbonyl (C=O) groups is 1. The SMILES string of the molecule is CCC1CN(C(=O)c2ccnc(C)c2)CCC1O. The third-order valence-corrected chi connectivity index (χ3v) is 3.65. The monoisotopic (exact) mass is 248 g/mol. The number of aliphatic hydroxyl groups excluding tert-OH is 1. The Kier molecular flexibility index (Phi) is 3.97. The van der Waals surface area contributed by atoms with Gasteiger partial charge in [0.2, 0.25) is 0 Å². The second kappa shape index (κ2) is 5.48. The van der Waals surface area contributed by atoms with Gasteiger partial charge in [0.25, 0.3) is 5.91 Å². The summed E-state index contributed by atoms with van der Waals surface area (Å²) in [4.78, 5) is 18.3. The zero-order valence-corrected chi connectivity index (χ0v) is 11.0. The molecule has 0 spiro atoms. The molecule has 2 atom stereocenters. The Hall–Kier alpha value is -1.42. The first-order chi connectivity index (χ1) is 8.61. The summed E-state index contributed by atoms with van der Waals surface area (Å²) in [6.07, 6.45) is 2.98. The van der Waals surface area contributed by atoms with Crippen LogP contribution >= 0.6 is 0 Å². The Morgan fingerprint density at radius 3 is 3.06 bits per heavy atom. The summed E-state index contributed by atoms with van der Waals surface area (Å²) in [5.74, 6) is 0.247. The molecule has 0 bridgehead atoms. The molecule has 2 rings (SSSR count).